The molecule has 88 valence electrons. The predicted octanol–water partition coefficient (Wildman–Crippen LogP) is 3.53. The monoisotopic (exact) mass is 236 g/mol. The van der Waals surface area contributed by atoms with Gasteiger partial charge in [0.15, 0.2) is 0 Å². The fourth-order valence-electron chi connectivity index (χ4n) is 2.08. The van der Waals surface area contributed by atoms with Crippen LogP contribution in [0.1, 0.15) is 50.6 Å². The second-order valence-corrected chi connectivity index (χ2v) is 5.92. The molecule has 0 unspecified atom stereocenters. The maximum absolute atomic E-state index is 5.80. The summed E-state index contributed by atoms with van der Waals surface area (Å²) >= 11 is 1.93. The molecule has 0 spiro atoms. The number of nitrogens with zero attached hydrogens (tertiary/aromatic N) is 1. The van der Waals surface area contributed by atoms with Gasteiger partial charge in [-0.05, 0) is 31.4 Å². The first-order valence-corrected chi connectivity index (χ1v) is 7.02. The Balaban J connectivity index is 1.93. The zero-order valence-electron chi connectivity index (χ0n) is 9.86. The second-order valence-electron chi connectivity index (χ2n) is 4.60. The quantitative estimate of drug-likeness (QED) is 0.872. The van der Waals surface area contributed by atoms with Gasteiger partial charge in [0.1, 0.15) is 0 Å². The molecule has 3 heteroatoms. The summed E-state index contributed by atoms with van der Waals surface area (Å²) in [4.78, 5) is 4.48. The normalized spacial score (nSPS) is 19.6. The minimum Gasteiger partial charge on any atom is -0.324 e. The Bertz CT molecular complexity index is 315. The summed E-state index contributed by atoms with van der Waals surface area (Å²) in [6.07, 6.45) is 8.79. The van der Waals surface area contributed by atoms with E-state index >= 15 is 0 Å². The Morgan fingerprint density at radius 2 is 2.06 bits per heavy atom. The second kappa shape index (κ2) is 5.69. The third-order valence-corrected chi connectivity index (χ3v) is 4.41. The molecule has 0 amide bonds. The van der Waals surface area contributed by atoms with Crippen LogP contribution in [0.2, 0.25) is 0 Å². The van der Waals surface area contributed by atoms with Gasteiger partial charge < -0.3 is 5.73 Å². The lowest BCUT2D eigenvalue weighted by molar-refractivity contribution is 0.515. The van der Waals surface area contributed by atoms with Crippen molar-refractivity contribution in [1.82, 2.24) is 4.98 Å². The molecular formula is C13H20N2S. The van der Waals surface area contributed by atoms with Gasteiger partial charge in [-0.3, -0.25) is 0 Å². The summed E-state index contributed by atoms with van der Waals surface area (Å²) in [7, 11) is 0. The number of nitrogens with two attached hydrogens (primary N) is 1. The molecule has 2 rings (SSSR count). The molecular weight excluding hydrogens is 216 g/mol. The van der Waals surface area contributed by atoms with Gasteiger partial charge in [0, 0.05) is 17.5 Å². The van der Waals surface area contributed by atoms with Crippen molar-refractivity contribution < 1.29 is 0 Å². The minimum absolute atomic E-state index is 0.0845. The van der Waals surface area contributed by atoms with Crippen LogP contribution in [-0.2, 0) is 0 Å². The molecule has 0 aliphatic heterocycles. The Kier molecular flexibility index (Phi) is 4.24. The van der Waals surface area contributed by atoms with E-state index < -0.39 is 0 Å². The van der Waals surface area contributed by atoms with E-state index in [1.807, 2.05) is 24.9 Å². The number of aromatic nitrogens is 1. The molecule has 0 saturated heterocycles. The Morgan fingerprint density at radius 1 is 1.31 bits per heavy atom. The van der Waals surface area contributed by atoms with Gasteiger partial charge in [-0.25, -0.2) is 4.98 Å². The molecule has 1 aromatic heterocycles. The van der Waals surface area contributed by atoms with Crippen LogP contribution < -0.4 is 5.73 Å². The molecule has 0 aromatic carbocycles. The van der Waals surface area contributed by atoms with Crippen molar-refractivity contribution in [3.05, 3.63) is 23.9 Å². The average Bonchev–Trinajstić information content (AvgIpc) is 2.31. The summed E-state index contributed by atoms with van der Waals surface area (Å²) < 4.78 is 0. The zero-order valence-corrected chi connectivity index (χ0v) is 10.7. The SMILES string of the molecule is C[C@H](N)c1ccc(SC2CCCCC2)nc1. The van der Waals surface area contributed by atoms with Crippen LogP contribution in [0.3, 0.4) is 0 Å². The largest absolute Gasteiger partial charge is 0.324 e. The third kappa shape index (κ3) is 3.22. The Hall–Kier alpha value is -0.540. The molecule has 1 aliphatic carbocycles. The van der Waals surface area contributed by atoms with E-state index in [-0.39, 0.29) is 6.04 Å². The van der Waals surface area contributed by atoms with E-state index in [4.69, 9.17) is 5.73 Å². The Morgan fingerprint density at radius 3 is 2.62 bits per heavy atom. The van der Waals surface area contributed by atoms with Gasteiger partial charge in [0.2, 0.25) is 0 Å². The molecule has 2 N–H and O–H groups in total. The minimum atomic E-state index is 0.0845. The topological polar surface area (TPSA) is 38.9 Å². The molecule has 1 saturated carbocycles. The Labute approximate surface area is 102 Å². The summed E-state index contributed by atoms with van der Waals surface area (Å²) in [5.41, 5.74) is 6.92. The molecule has 1 atom stereocenters. The van der Waals surface area contributed by atoms with E-state index in [1.54, 1.807) is 0 Å². The number of pyridine rings is 1. The summed E-state index contributed by atoms with van der Waals surface area (Å²) in [6.45, 7) is 1.99. The highest BCUT2D eigenvalue weighted by atomic mass is 32.2. The highest BCUT2D eigenvalue weighted by Gasteiger charge is 2.15. The van der Waals surface area contributed by atoms with Gasteiger partial charge >= 0.3 is 0 Å². The number of rotatable bonds is 3. The van der Waals surface area contributed by atoms with Crippen molar-refractivity contribution in [1.29, 1.82) is 0 Å². The van der Waals surface area contributed by atoms with Crippen LogP contribution in [0.15, 0.2) is 23.4 Å². The van der Waals surface area contributed by atoms with Crippen LogP contribution in [0.25, 0.3) is 0 Å². The van der Waals surface area contributed by atoms with E-state index in [1.165, 1.54) is 32.1 Å². The lowest BCUT2D eigenvalue weighted by Gasteiger charge is -2.20. The molecule has 1 fully saturated rings. The molecule has 0 radical (unpaired) electrons. The van der Waals surface area contributed by atoms with Gasteiger partial charge in [-0.2, -0.15) is 0 Å². The van der Waals surface area contributed by atoms with Crippen molar-refractivity contribution in [2.24, 2.45) is 5.73 Å². The van der Waals surface area contributed by atoms with E-state index in [2.05, 4.69) is 17.1 Å². The molecule has 2 nitrogen and oxygen atoms in total. The van der Waals surface area contributed by atoms with Gasteiger partial charge in [-0.15, -0.1) is 11.8 Å². The fraction of sp³-hybridized carbons (Fsp3) is 0.615. The standard InChI is InChI=1S/C13H20N2S/c1-10(14)11-7-8-13(15-9-11)16-12-5-3-2-4-6-12/h7-10,12H,2-6,14H2,1H3/t10-/m0/s1. The van der Waals surface area contributed by atoms with Crippen molar-refractivity contribution in [3.8, 4) is 0 Å². The highest BCUT2D eigenvalue weighted by molar-refractivity contribution is 7.99. The van der Waals surface area contributed by atoms with Gasteiger partial charge in [0.05, 0.1) is 5.03 Å². The third-order valence-electron chi connectivity index (χ3n) is 3.12. The highest BCUT2D eigenvalue weighted by Crippen LogP contribution is 2.32. The number of hydrogen-bond acceptors (Lipinski definition) is 3. The average molecular weight is 236 g/mol. The smallest absolute Gasteiger partial charge is 0.0962 e. The molecule has 0 bridgehead atoms. The molecule has 1 aliphatic rings. The number of thioether (sulfide) groups is 1. The van der Waals surface area contributed by atoms with Crippen LogP contribution in [0.5, 0.6) is 0 Å². The van der Waals surface area contributed by atoms with Gasteiger partial charge in [0.25, 0.3) is 0 Å². The molecule has 16 heavy (non-hydrogen) atoms. The van der Waals surface area contributed by atoms with E-state index in [0.29, 0.717) is 0 Å². The van der Waals surface area contributed by atoms with Crippen LogP contribution >= 0.6 is 11.8 Å². The first-order chi connectivity index (χ1) is 7.75. The van der Waals surface area contributed by atoms with Gasteiger partial charge in [-0.1, -0.05) is 25.3 Å². The molecule has 1 heterocycles. The molecule has 1 aromatic rings. The summed E-state index contributed by atoms with van der Waals surface area (Å²) in [6, 6.07) is 4.29. The van der Waals surface area contributed by atoms with E-state index in [0.717, 1.165) is 15.8 Å². The van der Waals surface area contributed by atoms with Crippen LogP contribution in [0.4, 0.5) is 0 Å². The van der Waals surface area contributed by atoms with Crippen molar-refractivity contribution >= 4 is 11.8 Å². The first kappa shape index (κ1) is 11.9. The summed E-state index contributed by atoms with van der Waals surface area (Å²) in [5, 5.41) is 1.93. The van der Waals surface area contributed by atoms with Crippen molar-refractivity contribution in [2.75, 3.05) is 0 Å². The summed E-state index contributed by atoms with van der Waals surface area (Å²) in [5.74, 6) is 0. The van der Waals surface area contributed by atoms with Crippen molar-refractivity contribution in [2.45, 2.75) is 55.3 Å². The first-order valence-electron chi connectivity index (χ1n) is 6.14. The van der Waals surface area contributed by atoms with Crippen LogP contribution in [-0.4, -0.2) is 10.2 Å². The fourth-order valence-corrected chi connectivity index (χ4v) is 3.26. The zero-order chi connectivity index (χ0) is 11.4. The van der Waals surface area contributed by atoms with Crippen LogP contribution in [0, 0.1) is 0 Å². The maximum Gasteiger partial charge on any atom is 0.0962 e. The maximum atomic E-state index is 5.80. The predicted molar refractivity (Wildman–Crippen MR) is 69.6 cm³/mol. The lowest BCUT2D eigenvalue weighted by Crippen LogP contribution is -2.08. The number of hydrogen-bond donors (Lipinski definition) is 1. The van der Waals surface area contributed by atoms with Crippen molar-refractivity contribution in [3.63, 3.8) is 0 Å². The van der Waals surface area contributed by atoms with E-state index in [9.17, 15) is 0 Å². The lowest BCUT2D eigenvalue weighted by atomic mass is 10.0.